The number of aromatic nitrogens is 3. The summed E-state index contributed by atoms with van der Waals surface area (Å²) < 4.78 is 15.4. The van der Waals surface area contributed by atoms with Crippen molar-refractivity contribution in [2.45, 2.75) is 45.9 Å². The van der Waals surface area contributed by atoms with E-state index in [2.05, 4.69) is 5.10 Å². The van der Waals surface area contributed by atoms with Gasteiger partial charge in [0.15, 0.2) is 6.23 Å². The van der Waals surface area contributed by atoms with E-state index < -0.39 is 0 Å². The molecule has 1 saturated heterocycles. The Bertz CT molecular complexity index is 1360. The van der Waals surface area contributed by atoms with Crippen molar-refractivity contribution >= 4 is 22.5 Å². The molecule has 7 heteroatoms. The molecule has 3 heterocycles. The normalized spacial score (nSPS) is 15.9. The third kappa shape index (κ3) is 4.32. The molecule has 1 aliphatic heterocycles. The number of methoxy groups -OCH3 is 1. The Morgan fingerprint density at radius 2 is 2.06 bits per heavy atom. The van der Waals surface area contributed by atoms with E-state index in [9.17, 15) is 4.79 Å². The van der Waals surface area contributed by atoms with Crippen LogP contribution in [0.2, 0.25) is 0 Å². The Balaban J connectivity index is 1.55. The van der Waals surface area contributed by atoms with Gasteiger partial charge in [-0.25, -0.2) is 4.68 Å². The minimum absolute atomic E-state index is 0.0313. The maximum atomic E-state index is 13.9. The Morgan fingerprint density at radius 3 is 2.77 bits per heavy atom. The molecule has 0 radical (unpaired) electrons. The van der Waals surface area contributed by atoms with Crippen LogP contribution in [-0.2, 0) is 18.3 Å². The van der Waals surface area contributed by atoms with Crippen molar-refractivity contribution in [3.05, 3.63) is 77.2 Å². The second kappa shape index (κ2) is 9.58. The Hall–Kier alpha value is -3.58. The van der Waals surface area contributed by atoms with Crippen LogP contribution in [-0.4, -0.2) is 34.0 Å². The van der Waals surface area contributed by atoms with Gasteiger partial charge in [0.2, 0.25) is 0 Å². The van der Waals surface area contributed by atoms with E-state index in [0.29, 0.717) is 12.1 Å². The minimum Gasteiger partial charge on any atom is -0.496 e. The lowest BCUT2D eigenvalue weighted by molar-refractivity contribution is -0.0366. The molecule has 1 fully saturated rings. The summed E-state index contributed by atoms with van der Waals surface area (Å²) in [6.07, 6.45) is 6.96. The number of aryl methyl sites for hydroxylation is 1. The SMILES string of the molecule is COc1cccc(CN(C(=O)c2ccn(C)c2C)c2ccc3c(cnn3C3CCCCO3)c2)c1C. The molecule has 0 N–H and O–H groups in total. The standard InChI is InChI=1S/C28H32N4O3/c1-19-21(8-7-9-26(19)34-4)18-31(28(33)24-13-14-30(3)20(24)2)23-11-12-25-22(16-23)17-29-32(25)27-10-5-6-15-35-27/h7-9,11-14,16-17,27H,5-6,10,15,18H2,1-4H3. The summed E-state index contributed by atoms with van der Waals surface area (Å²) in [5.41, 5.74) is 5.54. The predicted molar refractivity (Wildman–Crippen MR) is 137 cm³/mol. The van der Waals surface area contributed by atoms with Crippen molar-refractivity contribution in [1.29, 1.82) is 0 Å². The summed E-state index contributed by atoms with van der Waals surface area (Å²) in [6.45, 7) is 5.20. The highest BCUT2D eigenvalue weighted by Crippen LogP contribution is 2.31. The fourth-order valence-corrected chi connectivity index (χ4v) is 4.84. The number of rotatable bonds is 6. The monoisotopic (exact) mass is 472 g/mol. The predicted octanol–water partition coefficient (Wildman–Crippen LogP) is 5.55. The molecule has 0 spiro atoms. The summed E-state index contributed by atoms with van der Waals surface area (Å²) in [4.78, 5) is 15.7. The fourth-order valence-electron chi connectivity index (χ4n) is 4.84. The Kier molecular flexibility index (Phi) is 6.34. The van der Waals surface area contributed by atoms with Crippen LogP contribution in [0, 0.1) is 13.8 Å². The zero-order chi connectivity index (χ0) is 24.5. The van der Waals surface area contributed by atoms with Gasteiger partial charge in [-0.3, -0.25) is 4.79 Å². The lowest BCUT2D eigenvalue weighted by Gasteiger charge is -2.25. The molecule has 2 aromatic heterocycles. The van der Waals surface area contributed by atoms with Crippen LogP contribution in [0.4, 0.5) is 5.69 Å². The third-order valence-corrected chi connectivity index (χ3v) is 7.12. The maximum absolute atomic E-state index is 13.9. The molecule has 1 amide bonds. The molecule has 0 aliphatic carbocycles. The highest BCUT2D eigenvalue weighted by molar-refractivity contribution is 6.07. The number of hydrogen-bond acceptors (Lipinski definition) is 4. The van der Waals surface area contributed by atoms with Crippen LogP contribution in [0.3, 0.4) is 0 Å². The van der Waals surface area contributed by atoms with Gasteiger partial charge in [0.25, 0.3) is 5.91 Å². The van der Waals surface area contributed by atoms with Crippen LogP contribution in [0.25, 0.3) is 10.9 Å². The zero-order valence-corrected chi connectivity index (χ0v) is 20.8. The van der Waals surface area contributed by atoms with Gasteiger partial charge in [-0.05, 0) is 74.6 Å². The van der Waals surface area contributed by atoms with Crippen molar-refractivity contribution in [1.82, 2.24) is 14.3 Å². The van der Waals surface area contributed by atoms with Gasteiger partial charge in [0.1, 0.15) is 5.75 Å². The van der Waals surface area contributed by atoms with Gasteiger partial charge >= 0.3 is 0 Å². The number of benzene rings is 2. The number of ether oxygens (including phenoxy) is 2. The number of nitrogens with zero attached hydrogens (tertiary/aromatic N) is 4. The zero-order valence-electron chi connectivity index (χ0n) is 20.8. The third-order valence-electron chi connectivity index (χ3n) is 7.12. The first-order valence-electron chi connectivity index (χ1n) is 12.1. The molecule has 5 rings (SSSR count). The van der Waals surface area contributed by atoms with Gasteiger partial charge in [0, 0.05) is 36.6 Å². The molecule has 7 nitrogen and oxygen atoms in total. The Labute approximate surface area is 205 Å². The minimum atomic E-state index is -0.0346. The average Bonchev–Trinajstić information content (AvgIpc) is 3.46. The fraction of sp³-hybridized carbons (Fsp3) is 0.357. The maximum Gasteiger partial charge on any atom is 0.260 e. The van der Waals surface area contributed by atoms with Crippen LogP contribution in [0.5, 0.6) is 5.75 Å². The van der Waals surface area contributed by atoms with Crippen LogP contribution in [0.1, 0.15) is 52.7 Å². The molecule has 0 bridgehead atoms. The van der Waals surface area contributed by atoms with Crippen LogP contribution < -0.4 is 9.64 Å². The number of fused-ring (bicyclic) bond motifs is 1. The van der Waals surface area contributed by atoms with Crippen molar-refractivity contribution in [2.24, 2.45) is 7.05 Å². The van der Waals surface area contributed by atoms with Crippen molar-refractivity contribution in [3.63, 3.8) is 0 Å². The summed E-state index contributed by atoms with van der Waals surface area (Å²) in [6, 6.07) is 14.0. The lowest BCUT2D eigenvalue weighted by atomic mass is 10.1. The van der Waals surface area contributed by atoms with Crippen molar-refractivity contribution < 1.29 is 14.3 Å². The number of hydrogen-bond donors (Lipinski definition) is 0. The van der Waals surface area contributed by atoms with Gasteiger partial charge in [-0.2, -0.15) is 5.10 Å². The molecule has 1 unspecified atom stereocenters. The summed E-state index contributed by atoms with van der Waals surface area (Å²) in [5.74, 6) is 0.780. The van der Waals surface area contributed by atoms with E-state index in [-0.39, 0.29) is 12.1 Å². The molecule has 1 aliphatic rings. The van der Waals surface area contributed by atoms with E-state index in [1.165, 1.54) is 0 Å². The highest BCUT2D eigenvalue weighted by Gasteiger charge is 2.24. The summed E-state index contributed by atoms with van der Waals surface area (Å²) in [5, 5.41) is 5.62. The number of amides is 1. The molecule has 182 valence electrons. The van der Waals surface area contributed by atoms with E-state index in [4.69, 9.17) is 9.47 Å². The Morgan fingerprint density at radius 1 is 1.20 bits per heavy atom. The smallest absolute Gasteiger partial charge is 0.260 e. The second-order valence-corrected chi connectivity index (χ2v) is 9.21. The number of carbonyl (C=O) groups is 1. The van der Waals surface area contributed by atoms with Crippen LogP contribution >= 0.6 is 0 Å². The van der Waals surface area contributed by atoms with E-state index >= 15 is 0 Å². The molecular formula is C28H32N4O3. The first-order valence-corrected chi connectivity index (χ1v) is 12.1. The van der Waals surface area contributed by atoms with Gasteiger partial charge in [-0.1, -0.05) is 12.1 Å². The van der Waals surface area contributed by atoms with Gasteiger partial charge < -0.3 is 18.9 Å². The number of anilines is 1. The van der Waals surface area contributed by atoms with E-state index in [1.54, 1.807) is 7.11 Å². The van der Waals surface area contributed by atoms with E-state index in [1.807, 2.05) is 89.9 Å². The van der Waals surface area contributed by atoms with Crippen molar-refractivity contribution in [2.75, 3.05) is 18.6 Å². The van der Waals surface area contributed by atoms with Crippen LogP contribution in [0.15, 0.2) is 54.9 Å². The summed E-state index contributed by atoms with van der Waals surface area (Å²) >= 11 is 0. The quantitative estimate of drug-likeness (QED) is 0.369. The van der Waals surface area contributed by atoms with Crippen molar-refractivity contribution in [3.8, 4) is 5.75 Å². The molecular weight excluding hydrogens is 440 g/mol. The largest absolute Gasteiger partial charge is 0.496 e. The molecule has 1 atom stereocenters. The molecule has 2 aromatic carbocycles. The molecule has 4 aromatic rings. The van der Waals surface area contributed by atoms with Gasteiger partial charge in [-0.15, -0.1) is 0 Å². The average molecular weight is 473 g/mol. The first kappa shape index (κ1) is 23.2. The summed E-state index contributed by atoms with van der Waals surface area (Å²) in [7, 11) is 3.63. The highest BCUT2D eigenvalue weighted by atomic mass is 16.5. The number of carbonyl (C=O) groups excluding carboxylic acids is 1. The molecule has 35 heavy (non-hydrogen) atoms. The second-order valence-electron chi connectivity index (χ2n) is 9.21. The van der Waals surface area contributed by atoms with Gasteiger partial charge in [0.05, 0.1) is 30.9 Å². The first-order chi connectivity index (χ1) is 17.0. The lowest BCUT2D eigenvalue weighted by Crippen LogP contribution is -2.31. The topological polar surface area (TPSA) is 61.5 Å². The van der Waals surface area contributed by atoms with E-state index in [0.717, 1.165) is 65.0 Å². The molecule has 0 saturated carbocycles.